The van der Waals surface area contributed by atoms with E-state index in [2.05, 4.69) is 0 Å². The SMILES string of the molecule is Cc1ccc(F)c(N2CC(=O)CC2=O)c1Cl. The van der Waals surface area contributed by atoms with E-state index in [1.807, 2.05) is 0 Å². The predicted molar refractivity (Wildman–Crippen MR) is 58.1 cm³/mol. The van der Waals surface area contributed by atoms with E-state index in [1.54, 1.807) is 6.92 Å². The first-order valence-corrected chi connectivity index (χ1v) is 5.15. The third kappa shape index (κ3) is 1.69. The normalized spacial score (nSPS) is 16.1. The fourth-order valence-electron chi connectivity index (χ4n) is 1.68. The van der Waals surface area contributed by atoms with Gasteiger partial charge in [0, 0.05) is 0 Å². The number of carbonyl (C=O) groups excluding carboxylic acids is 2. The van der Waals surface area contributed by atoms with Crippen LogP contribution in [0.1, 0.15) is 12.0 Å². The summed E-state index contributed by atoms with van der Waals surface area (Å²) in [6.07, 6.45) is -0.177. The van der Waals surface area contributed by atoms with Crippen LogP contribution >= 0.6 is 11.6 Å². The fourth-order valence-corrected chi connectivity index (χ4v) is 1.93. The number of aryl methyl sites for hydroxylation is 1. The molecule has 0 aliphatic carbocycles. The molecule has 0 N–H and O–H groups in total. The van der Waals surface area contributed by atoms with Crippen LogP contribution in [0.4, 0.5) is 10.1 Å². The van der Waals surface area contributed by atoms with E-state index in [0.29, 0.717) is 5.56 Å². The summed E-state index contributed by atoms with van der Waals surface area (Å²) in [5.41, 5.74) is 0.683. The second-order valence-electron chi connectivity index (χ2n) is 3.72. The van der Waals surface area contributed by atoms with Crippen molar-refractivity contribution >= 4 is 29.0 Å². The van der Waals surface area contributed by atoms with Crippen LogP contribution in [-0.4, -0.2) is 18.2 Å². The maximum Gasteiger partial charge on any atom is 0.235 e. The molecule has 1 heterocycles. The number of Topliss-reactive ketones (excluding diaryl/α,β-unsaturated/α-hetero) is 1. The largest absolute Gasteiger partial charge is 0.301 e. The fraction of sp³-hybridized carbons (Fsp3) is 0.273. The molecule has 3 nitrogen and oxygen atoms in total. The van der Waals surface area contributed by atoms with E-state index in [0.717, 1.165) is 4.90 Å². The Morgan fingerprint density at radius 2 is 2.06 bits per heavy atom. The Morgan fingerprint density at radius 1 is 1.38 bits per heavy atom. The lowest BCUT2D eigenvalue weighted by molar-refractivity contribution is -0.121. The Labute approximate surface area is 96.8 Å². The molecular weight excluding hydrogens is 233 g/mol. The Morgan fingerprint density at radius 3 is 2.62 bits per heavy atom. The molecule has 2 rings (SSSR count). The van der Waals surface area contributed by atoms with Gasteiger partial charge in [-0.05, 0) is 18.6 Å². The quantitative estimate of drug-likeness (QED) is 0.706. The Bertz CT molecular complexity index is 487. The summed E-state index contributed by atoms with van der Waals surface area (Å²) in [6.45, 7) is 1.62. The standard InChI is InChI=1S/C11H9ClFNO2/c1-6-2-3-8(13)11(10(6)12)14-5-7(15)4-9(14)16/h2-3H,4-5H2,1H3. The van der Waals surface area contributed by atoms with Gasteiger partial charge in [-0.2, -0.15) is 0 Å². The lowest BCUT2D eigenvalue weighted by Gasteiger charge is -2.18. The number of carbonyl (C=O) groups is 2. The molecule has 1 saturated heterocycles. The third-order valence-electron chi connectivity index (χ3n) is 2.51. The minimum absolute atomic E-state index is 0.0116. The van der Waals surface area contributed by atoms with E-state index >= 15 is 0 Å². The maximum atomic E-state index is 13.6. The summed E-state index contributed by atoms with van der Waals surface area (Å²) in [7, 11) is 0. The third-order valence-corrected chi connectivity index (χ3v) is 2.99. The first-order chi connectivity index (χ1) is 7.50. The number of ketones is 1. The highest BCUT2D eigenvalue weighted by atomic mass is 35.5. The molecule has 0 aromatic heterocycles. The van der Waals surface area contributed by atoms with E-state index in [9.17, 15) is 14.0 Å². The monoisotopic (exact) mass is 241 g/mol. The van der Waals surface area contributed by atoms with Crippen molar-refractivity contribution in [3.05, 3.63) is 28.5 Å². The molecule has 0 atom stereocenters. The minimum atomic E-state index is -0.585. The topological polar surface area (TPSA) is 37.4 Å². The lowest BCUT2D eigenvalue weighted by Crippen LogP contribution is -2.26. The Hall–Kier alpha value is -1.42. The van der Waals surface area contributed by atoms with Gasteiger partial charge in [0.25, 0.3) is 0 Å². The average Bonchev–Trinajstić information content (AvgIpc) is 2.53. The first kappa shape index (κ1) is 11.1. The first-order valence-electron chi connectivity index (χ1n) is 4.77. The van der Waals surface area contributed by atoms with Crippen LogP contribution in [0.5, 0.6) is 0 Å². The molecule has 1 aliphatic rings. The molecule has 1 aromatic rings. The van der Waals surface area contributed by atoms with Gasteiger partial charge in [0.2, 0.25) is 5.91 Å². The van der Waals surface area contributed by atoms with Gasteiger partial charge in [0.15, 0.2) is 5.78 Å². The molecule has 0 unspecified atom stereocenters. The van der Waals surface area contributed by atoms with Crippen molar-refractivity contribution in [2.24, 2.45) is 0 Å². The summed E-state index contributed by atoms with van der Waals surface area (Å²) in [5.74, 6) is -1.21. The maximum absolute atomic E-state index is 13.6. The molecule has 0 saturated carbocycles. The van der Waals surface area contributed by atoms with Gasteiger partial charge >= 0.3 is 0 Å². The van der Waals surface area contributed by atoms with Crippen LogP contribution in [0.3, 0.4) is 0 Å². The number of nitrogens with zero attached hydrogens (tertiary/aromatic N) is 1. The second kappa shape index (κ2) is 3.87. The predicted octanol–water partition coefficient (Wildman–Crippen LogP) is 2.09. The van der Waals surface area contributed by atoms with Crippen molar-refractivity contribution in [3.63, 3.8) is 0 Å². The molecule has 1 aromatic carbocycles. The van der Waals surface area contributed by atoms with Crippen LogP contribution in [-0.2, 0) is 9.59 Å². The van der Waals surface area contributed by atoms with Crippen LogP contribution in [0.2, 0.25) is 5.02 Å². The molecule has 0 bridgehead atoms. The molecule has 84 valence electrons. The van der Waals surface area contributed by atoms with Gasteiger partial charge in [-0.25, -0.2) is 4.39 Å². The number of anilines is 1. The van der Waals surface area contributed by atoms with Crippen LogP contribution < -0.4 is 4.90 Å². The number of benzene rings is 1. The zero-order valence-corrected chi connectivity index (χ0v) is 9.34. The summed E-state index contributed by atoms with van der Waals surface area (Å²) >= 11 is 5.95. The Kier molecular flexibility index (Phi) is 2.68. The Balaban J connectivity index is 2.52. The molecule has 1 fully saturated rings. The molecule has 5 heteroatoms. The van der Waals surface area contributed by atoms with Gasteiger partial charge in [-0.1, -0.05) is 17.7 Å². The van der Waals surface area contributed by atoms with E-state index < -0.39 is 11.7 Å². The number of halogens is 2. The highest BCUT2D eigenvalue weighted by Gasteiger charge is 2.32. The second-order valence-corrected chi connectivity index (χ2v) is 4.10. The van der Waals surface area contributed by atoms with Crippen LogP contribution in [0, 0.1) is 12.7 Å². The van der Waals surface area contributed by atoms with E-state index in [-0.39, 0.29) is 29.5 Å². The summed E-state index contributed by atoms with van der Waals surface area (Å²) in [5, 5.41) is 0.183. The highest BCUT2D eigenvalue weighted by Crippen LogP contribution is 2.33. The minimum Gasteiger partial charge on any atom is -0.301 e. The molecule has 16 heavy (non-hydrogen) atoms. The van der Waals surface area contributed by atoms with E-state index in [1.165, 1.54) is 12.1 Å². The van der Waals surface area contributed by atoms with E-state index in [4.69, 9.17) is 11.6 Å². The molecule has 0 radical (unpaired) electrons. The number of rotatable bonds is 1. The van der Waals surface area contributed by atoms with Crippen LogP contribution in [0.15, 0.2) is 12.1 Å². The van der Waals surface area contributed by atoms with Gasteiger partial charge in [0.05, 0.1) is 23.7 Å². The van der Waals surface area contributed by atoms with Gasteiger partial charge < -0.3 is 4.90 Å². The smallest absolute Gasteiger partial charge is 0.235 e. The average molecular weight is 242 g/mol. The van der Waals surface area contributed by atoms with Gasteiger partial charge in [-0.15, -0.1) is 0 Å². The van der Waals surface area contributed by atoms with Crippen molar-refractivity contribution in [2.45, 2.75) is 13.3 Å². The highest BCUT2D eigenvalue weighted by molar-refractivity contribution is 6.35. The van der Waals surface area contributed by atoms with Crippen molar-refractivity contribution in [3.8, 4) is 0 Å². The number of hydrogen-bond donors (Lipinski definition) is 0. The number of hydrogen-bond acceptors (Lipinski definition) is 2. The molecule has 0 spiro atoms. The van der Waals surface area contributed by atoms with Crippen molar-refractivity contribution < 1.29 is 14.0 Å². The molecular formula is C11H9ClFNO2. The zero-order chi connectivity index (χ0) is 11.9. The summed E-state index contributed by atoms with van der Waals surface area (Å²) < 4.78 is 13.6. The lowest BCUT2D eigenvalue weighted by atomic mass is 10.2. The number of amides is 1. The van der Waals surface area contributed by atoms with Crippen molar-refractivity contribution in [1.29, 1.82) is 0 Å². The zero-order valence-electron chi connectivity index (χ0n) is 8.59. The summed E-state index contributed by atoms with van der Waals surface area (Å²) in [6, 6.07) is 2.77. The molecule has 1 amide bonds. The summed E-state index contributed by atoms with van der Waals surface area (Å²) in [4.78, 5) is 23.7. The van der Waals surface area contributed by atoms with Crippen LogP contribution in [0.25, 0.3) is 0 Å². The van der Waals surface area contributed by atoms with Gasteiger partial charge in [0.1, 0.15) is 5.82 Å². The van der Waals surface area contributed by atoms with Crippen molar-refractivity contribution in [1.82, 2.24) is 0 Å². The van der Waals surface area contributed by atoms with Crippen molar-refractivity contribution in [2.75, 3.05) is 11.4 Å². The molecule has 1 aliphatic heterocycles. The van der Waals surface area contributed by atoms with Gasteiger partial charge in [-0.3, -0.25) is 9.59 Å².